The number of unbranched alkanes of at least 4 members (excludes halogenated alkanes) is 32. The van der Waals surface area contributed by atoms with Crippen LogP contribution in [0.4, 0.5) is 0 Å². The summed E-state index contributed by atoms with van der Waals surface area (Å²) in [4.78, 5) is 38.2. The van der Waals surface area contributed by atoms with Gasteiger partial charge in [-0.25, -0.2) is 0 Å². The molecule has 396 valence electrons. The lowest BCUT2D eigenvalue weighted by Crippen LogP contribution is -2.30. The van der Waals surface area contributed by atoms with Gasteiger partial charge in [0.1, 0.15) is 13.2 Å². The van der Waals surface area contributed by atoms with Crippen molar-refractivity contribution in [2.45, 2.75) is 284 Å². The summed E-state index contributed by atoms with van der Waals surface area (Å²) in [6, 6.07) is 0. The third kappa shape index (κ3) is 55.4. The summed E-state index contributed by atoms with van der Waals surface area (Å²) in [6.45, 7) is 6.51. The van der Waals surface area contributed by atoms with Crippen molar-refractivity contribution in [2.75, 3.05) is 13.2 Å². The van der Waals surface area contributed by atoms with Crippen LogP contribution in [0.3, 0.4) is 0 Å². The van der Waals surface area contributed by atoms with Gasteiger partial charge in [0.15, 0.2) is 6.10 Å². The Morgan fingerprint density at radius 1 is 0.290 bits per heavy atom. The summed E-state index contributed by atoms with van der Waals surface area (Å²) in [5.74, 6) is -0.916. The van der Waals surface area contributed by atoms with Gasteiger partial charge >= 0.3 is 17.9 Å². The summed E-state index contributed by atoms with van der Waals surface area (Å²) in [5, 5.41) is 0. The largest absolute Gasteiger partial charge is 0.462 e. The first-order chi connectivity index (χ1) is 34.0. The van der Waals surface area contributed by atoms with E-state index in [9.17, 15) is 14.4 Å². The maximum atomic E-state index is 12.9. The maximum Gasteiger partial charge on any atom is 0.306 e. The van der Waals surface area contributed by atoms with E-state index in [-0.39, 0.29) is 31.1 Å². The second-order valence-corrected chi connectivity index (χ2v) is 19.4. The van der Waals surface area contributed by atoms with Crippen molar-refractivity contribution >= 4 is 17.9 Å². The van der Waals surface area contributed by atoms with Crippen LogP contribution in [0.15, 0.2) is 85.1 Å². The monoisotopic (exact) mass is 961 g/mol. The highest BCUT2D eigenvalue weighted by Crippen LogP contribution is 2.16. The molecule has 0 saturated carbocycles. The molecular formula is C63H108O6. The van der Waals surface area contributed by atoms with E-state index < -0.39 is 6.10 Å². The summed E-state index contributed by atoms with van der Waals surface area (Å²) in [5.41, 5.74) is 0. The molecule has 0 aliphatic carbocycles. The average molecular weight is 962 g/mol. The van der Waals surface area contributed by atoms with E-state index in [0.717, 1.165) is 89.9 Å². The first kappa shape index (κ1) is 65.6. The Morgan fingerprint density at radius 3 is 0.913 bits per heavy atom. The van der Waals surface area contributed by atoms with Gasteiger partial charge in [0, 0.05) is 19.3 Å². The van der Waals surface area contributed by atoms with Crippen molar-refractivity contribution in [3.8, 4) is 0 Å². The molecule has 6 heteroatoms. The molecular weight excluding hydrogens is 853 g/mol. The number of allylic oxidation sites excluding steroid dienone is 14. The van der Waals surface area contributed by atoms with Crippen LogP contribution in [-0.4, -0.2) is 37.2 Å². The molecule has 0 rings (SSSR count). The molecule has 0 bridgehead atoms. The van der Waals surface area contributed by atoms with Gasteiger partial charge in [0.05, 0.1) is 0 Å². The van der Waals surface area contributed by atoms with Crippen molar-refractivity contribution in [1.29, 1.82) is 0 Å². The Kier molecular flexibility index (Phi) is 54.3. The Bertz CT molecular complexity index is 1330. The van der Waals surface area contributed by atoms with Gasteiger partial charge in [-0.3, -0.25) is 14.4 Å². The summed E-state index contributed by atoms with van der Waals surface area (Å²) >= 11 is 0. The number of rotatable bonds is 52. The van der Waals surface area contributed by atoms with Gasteiger partial charge < -0.3 is 14.2 Å². The smallest absolute Gasteiger partial charge is 0.306 e. The van der Waals surface area contributed by atoms with Crippen LogP contribution in [0, 0.1) is 0 Å². The van der Waals surface area contributed by atoms with Gasteiger partial charge in [0.25, 0.3) is 0 Å². The molecule has 0 aromatic rings. The third-order valence-electron chi connectivity index (χ3n) is 12.5. The Morgan fingerprint density at radius 2 is 0.551 bits per heavy atom. The molecule has 6 nitrogen and oxygen atoms in total. The van der Waals surface area contributed by atoms with Crippen molar-refractivity contribution in [3.05, 3.63) is 85.1 Å². The fraction of sp³-hybridized carbons (Fsp3) is 0.730. The lowest BCUT2D eigenvalue weighted by molar-refractivity contribution is -0.167. The van der Waals surface area contributed by atoms with Crippen LogP contribution in [0.2, 0.25) is 0 Å². The van der Waals surface area contributed by atoms with E-state index in [0.29, 0.717) is 19.3 Å². The standard InChI is InChI=1S/C63H108O6/c1-4-7-10-13-16-19-22-25-28-30-32-35-38-41-44-47-50-53-56-62(65)68-59-60(58-67-61(64)55-52-49-46-43-40-37-34-27-24-21-18-15-12-9-6-3)69-63(66)57-54-51-48-45-42-39-36-33-31-29-26-23-20-17-14-11-8-5-2/h10,13,16,18-19,21-22,24-25,27-28,30,32,35,60H,4-9,11-12,14-15,17,20,23,26,29,31,33-34,36-59H2,1-3H3/b13-10-,19-16-,21-18-,25-22-,27-24-,30-28-,35-32-. The second kappa shape index (κ2) is 57.2. The second-order valence-electron chi connectivity index (χ2n) is 19.4. The topological polar surface area (TPSA) is 78.9 Å². The Labute approximate surface area is 426 Å². The van der Waals surface area contributed by atoms with Gasteiger partial charge in [-0.15, -0.1) is 0 Å². The fourth-order valence-corrected chi connectivity index (χ4v) is 8.11. The van der Waals surface area contributed by atoms with E-state index in [1.165, 1.54) is 148 Å². The zero-order valence-electron chi connectivity index (χ0n) is 45.3. The van der Waals surface area contributed by atoms with Crippen LogP contribution >= 0.6 is 0 Å². The summed E-state index contributed by atoms with van der Waals surface area (Å²) < 4.78 is 16.9. The highest BCUT2D eigenvalue weighted by molar-refractivity contribution is 5.71. The maximum absolute atomic E-state index is 12.9. The molecule has 0 aromatic carbocycles. The number of esters is 3. The number of carbonyl (C=O) groups excluding carboxylic acids is 3. The number of carbonyl (C=O) groups is 3. The lowest BCUT2D eigenvalue weighted by atomic mass is 10.0. The first-order valence-electron chi connectivity index (χ1n) is 29.2. The summed E-state index contributed by atoms with van der Waals surface area (Å²) in [7, 11) is 0. The van der Waals surface area contributed by atoms with Crippen LogP contribution in [0.5, 0.6) is 0 Å². The molecule has 1 atom stereocenters. The van der Waals surface area contributed by atoms with E-state index in [1.54, 1.807) is 0 Å². The minimum absolute atomic E-state index is 0.0896. The van der Waals surface area contributed by atoms with Crippen LogP contribution in [0.25, 0.3) is 0 Å². The molecule has 0 aliphatic heterocycles. The number of hydrogen-bond donors (Lipinski definition) is 0. The predicted octanol–water partition coefficient (Wildman–Crippen LogP) is 19.5. The minimum Gasteiger partial charge on any atom is -0.462 e. The quantitative estimate of drug-likeness (QED) is 0.0262. The molecule has 0 heterocycles. The molecule has 0 aliphatic rings. The Balaban J connectivity index is 4.44. The SMILES string of the molecule is CCC\C=C/C=C\C=C/C=C\C=C/CCCCCCCC(=O)OCC(COC(=O)CCCCCCCC/C=C\C=C/CCCCC)OC(=O)CCCCCCCCCCCCCCCCCCCC. The van der Waals surface area contributed by atoms with Crippen molar-refractivity contribution < 1.29 is 28.6 Å². The van der Waals surface area contributed by atoms with Crippen LogP contribution in [-0.2, 0) is 28.6 Å². The number of ether oxygens (including phenoxy) is 3. The molecule has 0 saturated heterocycles. The highest BCUT2D eigenvalue weighted by Gasteiger charge is 2.19. The highest BCUT2D eigenvalue weighted by atomic mass is 16.6. The normalized spacial score (nSPS) is 12.7. The third-order valence-corrected chi connectivity index (χ3v) is 12.5. The average Bonchev–Trinajstić information content (AvgIpc) is 3.35. The van der Waals surface area contributed by atoms with E-state index in [4.69, 9.17) is 14.2 Å². The van der Waals surface area contributed by atoms with Crippen molar-refractivity contribution in [1.82, 2.24) is 0 Å². The molecule has 69 heavy (non-hydrogen) atoms. The van der Waals surface area contributed by atoms with Gasteiger partial charge in [-0.2, -0.15) is 0 Å². The Hall–Kier alpha value is -3.41. The minimum atomic E-state index is -0.792. The van der Waals surface area contributed by atoms with Gasteiger partial charge in [0.2, 0.25) is 0 Å². The van der Waals surface area contributed by atoms with Crippen LogP contribution in [0.1, 0.15) is 278 Å². The van der Waals surface area contributed by atoms with E-state index in [1.807, 2.05) is 24.3 Å². The predicted molar refractivity (Wildman–Crippen MR) is 297 cm³/mol. The first-order valence-corrected chi connectivity index (χ1v) is 29.2. The summed E-state index contributed by atoms with van der Waals surface area (Å²) in [6.07, 6.45) is 74.2. The number of hydrogen-bond acceptors (Lipinski definition) is 6. The zero-order valence-corrected chi connectivity index (χ0v) is 45.3. The van der Waals surface area contributed by atoms with Gasteiger partial charge in [-0.05, 0) is 64.2 Å². The molecule has 0 fully saturated rings. The molecule has 0 spiro atoms. The molecule has 0 amide bonds. The van der Waals surface area contributed by atoms with Crippen molar-refractivity contribution in [2.24, 2.45) is 0 Å². The lowest BCUT2D eigenvalue weighted by Gasteiger charge is -2.18. The molecule has 0 radical (unpaired) electrons. The fourth-order valence-electron chi connectivity index (χ4n) is 8.11. The van der Waals surface area contributed by atoms with E-state index >= 15 is 0 Å². The van der Waals surface area contributed by atoms with E-state index in [2.05, 4.69) is 81.5 Å². The molecule has 1 unspecified atom stereocenters. The zero-order chi connectivity index (χ0) is 50.0. The van der Waals surface area contributed by atoms with Crippen LogP contribution < -0.4 is 0 Å². The van der Waals surface area contributed by atoms with Crippen molar-refractivity contribution in [3.63, 3.8) is 0 Å². The molecule has 0 N–H and O–H groups in total. The molecule has 0 aromatic heterocycles. The van der Waals surface area contributed by atoms with Gasteiger partial charge in [-0.1, -0.05) is 279 Å².